The van der Waals surface area contributed by atoms with Crippen molar-refractivity contribution < 1.29 is 19.1 Å². The fourth-order valence-corrected chi connectivity index (χ4v) is 4.46. The van der Waals surface area contributed by atoms with E-state index in [0.717, 1.165) is 15.6 Å². The first-order valence-electron chi connectivity index (χ1n) is 7.79. The van der Waals surface area contributed by atoms with Crippen LogP contribution in [0.2, 0.25) is 0 Å². The van der Waals surface area contributed by atoms with Gasteiger partial charge in [-0.05, 0) is 29.5 Å². The SMILES string of the molecule is O=C(N[C@H](Cc1ccccc1)CP(=O)(O)O)c1cc2ccccc2s1. The number of hydrogen-bond donors (Lipinski definition) is 3. The summed E-state index contributed by atoms with van der Waals surface area (Å²) in [6, 6.07) is 18.2. The van der Waals surface area contributed by atoms with Crippen LogP contribution in [-0.2, 0) is 11.0 Å². The Kier molecular flexibility index (Phi) is 5.35. The van der Waals surface area contributed by atoms with Crippen LogP contribution < -0.4 is 5.32 Å². The molecule has 0 aliphatic carbocycles. The molecule has 130 valence electrons. The summed E-state index contributed by atoms with van der Waals surface area (Å²) in [4.78, 5) is 31.7. The number of hydrogen-bond acceptors (Lipinski definition) is 3. The lowest BCUT2D eigenvalue weighted by molar-refractivity contribution is 0.0944. The van der Waals surface area contributed by atoms with Crippen molar-refractivity contribution >= 4 is 34.9 Å². The maximum absolute atomic E-state index is 12.5. The molecule has 0 spiro atoms. The van der Waals surface area contributed by atoms with Gasteiger partial charge in [-0.3, -0.25) is 9.36 Å². The number of rotatable bonds is 6. The van der Waals surface area contributed by atoms with Gasteiger partial charge in [-0.1, -0.05) is 48.5 Å². The number of carbonyl (C=O) groups is 1. The average molecular weight is 375 g/mol. The third-order valence-corrected chi connectivity index (χ3v) is 5.80. The minimum Gasteiger partial charge on any atom is -0.348 e. The van der Waals surface area contributed by atoms with Crippen LogP contribution in [0.25, 0.3) is 10.1 Å². The van der Waals surface area contributed by atoms with Gasteiger partial charge in [0.1, 0.15) is 0 Å². The largest absolute Gasteiger partial charge is 0.348 e. The van der Waals surface area contributed by atoms with E-state index < -0.39 is 19.8 Å². The number of nitrogens with one attached hydrogen (secondary N) is 1. The van der Waals surface area contributed by atoms with Gasteiger partial charge < -0.3 is 15.1 Å². The van der Waals surface area contributed by atoms with Crippen molar-refractivity contribution in [3.8, 4) is 0 Å². The van der Waals surface area contributed by atoms with E-state index in [1.165, 1.54) is 11.3 Å². The zero-order chi connectivity index (χ0) is 17.9. The van der Waals surface area contributed by atoms with E-state index in [1.54, 1.807) is 6.07 Å². The predicted octanol–water partition coefficient (Wildman–Crippen LogP) is 3.42. The normalized spacial score (nSPS) is 12.9. The highest BCUT2D eigenvalue weighted by Gasteiger charge is 2.24. The molecule has 0 aliphatic heterocycles. The van der Waals surface area contributed by atoms with Crippen LogP contribution >= 0.6 is 18.9 Å². The number of carbonyl (C=O) groups excluding carboxylic acids is 1. The summed E-state index contributed by atoms with van der Waals surface area (Å²) < 4.78 is 12.4. The summed E-state index contributed by atoms with van der Waals surface area (Å²) in [5.74, 6) is -0.310. The molecule has 3 aromatic rings. The second-order valence-corrected chi connectivity index (χ2v) is 8.63. The Hall–Kier alpha value is -1.98. The van der Waals surface area contributed by atoms with Gasteiger partial charge in [0.2, 0.25) is 0 Å². The fourth-order valence-electron chi connectivity index (χ4n) is 2.70. The van der Waals surface area contributed by atoms with Crippen molar-refractivity contribution in [1.29, 1.82) is 0 Å². The molecule has 5 nitrogen and oxygen atoms in total. The van der Waals surface area contributed by atoms with Gasteiger partial charge >= 0.3 is 7.60 Å². The van der Waals surface area contributed by atoms with Gasteiger partial charge in [-0.25, -0.2) is 0 Å². The molecule has 0 bridgehead atoms. The Labute approximate surface area is 149 Å². The van der Waals surface area contributed by atoms with Crippen LogP contribution in [0, 0.1) is 0 Å². The monoisotopic (exact) mass is 375 g/mol. The number of benzene rings is 2. The molecule has 1 amide bonds. The summed E-state index contributed by atoms with van der Waals surface area (Å²) in [6.07, 6.45) is -0.0267. The first kappa shape index (κ1) is 17.8. The third-order valence-electron chi connectivity index (χ3n) is 3.77. The zero-order valence-electron chi connectivity index (χ0n) is 13.3. The van der Waals surface area contributed by atoms with Crippen molar-refractivity contribution in [2.45, 2.75) is 12.5 Å². The average Bonchev–Trinajstić information content (AvgIpc) is 2.98. The molecular weight excluding hydrogens is 357 g/mol. The van der Waals surface area contributed by atoms with E-state index in [-0.39, 0.29) is 5.91 Å². The molecule has 0 radical (unpaired) electrons. The van der Waals surface area contributed by atoms with E-state index in [9.17, 15) is 19.1 Å². The van der Waals surface area contributed by atoms with Gasteiger partial charge in [-0.15, -0.1) is 11.3 Å². The molecule has 0 saturated carbocycles. The molecule has 0 unspecified atom stereocenters. The first-order chi connectivity index (χ1) is 11.9. The molecule has 1 aromatic heterocycles. The summed E-state index contributed by atoms with van der Waals surface area (Å²) in [5.41, 5.74) is 0.914. The Morgan fingerprint density at radius 3 is 2.44 bits per heavy atom. The second kappa shape index (κ2) is 7.50. The molecule has 3 rings (SSSR count). The molecule has 1 heterocycles. The van der Waals surface area contributed by atoms with Gasteiger partial charge in [0, 0.05) is 10.7 Å². The highest BCUT2D eigenvalue weighted by molar-refractivity contribution is 7.51. The summed E-state index contributed by atoms with van der Waals surface area (Å²) in [5, 5.41) is 3.76. The van der Waals surface area contributed by atoms with Crippen molar-refractivity contribution in [3.05, 3.63) is 71.1 Å². The van der Waals surface area contributed by atoms with Crippen molar-refractivity contribution in [2.75, 3.05) is 6.16 Å². The lowest BCUT2D eigenvalue weighted by atomic mass is 10.1. The van der Waals surface area contributed by atoms with Gasteiger partial charge in [0.15, 0.2) is 0 Å². The number of thiophene rings is 1. The van der Waals surface area contributed by atoms with E-state index in [1.807, 2.05) is 54.6 Å². The molecule has 0 fully saturated rings. The number of fused-ring (bicyclic) bond motifs is 1. The van der Waals surface area contributed by atoms with Crippen molar-refractivity contribution in [3.63, 3.8) is 0 Å². The summed E-state index contributed by atoms with van der Waals surface area (Å²) in [7, 11) is -4.25. The molecule has 25 heavy (non-hydrogen) atoms. The molecule has 2 aromatic carbocycles. The van der Waals surface area contributed by atoms with Crippen molar-refractivity contribution in [1.82, 2.24) is 5.32 Å². The Morgan fingerprint density at radius 1 is 1.08 bits per heavy atom. The minimum absolute atomic E-state index is 0.310. The third kappa shape index (κ3) is 5.00. The van der Waals surface area contributed by atoms with Gasteiger partial charge in [-0.2, -0.15) is 0 Å². The van der Waals surface area contributed by atoms with Crippen LogP contribution in [0.3, 0.4) is 0 Å². The van der Waals surface area contributed by atoms with Crippen LogP contribution in [-0.4, -0.2) is 27.9 Å². The van der Waals surface area contributed by atoms with E-state index in [4.69, 9.17) is 0 Å². The minimum atomic E-state index is -4.25. The van der Waals surface area contributed by atoms with Crippen LogP contribution in [0.4, 0.5) is 0 Å². The van der Waals surface area contributed by atoms with E-state index in [0.29, 0.717) is 11.3 Å². The second-order valence-electron chi connectivity index (χ2n) is 5.86. The van der Waals surface area contributed by atoms with E-state index in [2.05, 4.69) is 5.32 Å². The van der Waals surface area contributed by atoms with Crippen LogP contribution in [0.1, 0.15) is 15.2 Å². The summed E-state index contributed by atoms with van der Waals surface area (Å²) in [6.45, 7) is 0. The lowest BCUT2D eigenvalue weighted by Crippen LogP contribution is -2.38. The molecule has 7 heteroatoms. The topological polar surface area (TPSA) is 86.6 Å². The standard InChI is InChI=1S/C18H18NO4PS/c20-18(17-11-14-8-4-5-9-16(14)25-17)19-15(12-24(21,22)23)10-13-6-2-1-3-7-13/h1-9,11,15H,10,12H2,(H,19,20)(H2,21,22,23)/t15-/m1/s1. The molecular formula is C18H18NO4PS. The molecule has 3 N–H and O–H groups in total. The Morgan fingerprint density at radius 2 is 1.76 bits per heavy atom. The Balaban J connectivity index is 1.78. The lowest BCUT2D eigenvalue weighted by Gasteiger charge is -2.19. The van der Waals surface area contributed by atoms with Gasteiger partial charge in [0.05, 0.1) is 11.0 Å². The smallest absolute Gasteiger partial charge is 0.327 e. The highest BCUT2D eigenvalue weighted by Crippen LogP contribution is 2.35. The number of amides is 1. The summed E-state index contributed by atoms with van der Waals surface area (Å²) >= 11 is 1.37. The predicted molar refractivity (Wildman–Crippen MR) is 100 cm³/mol. The quantitative estimate of drug-likeness (QED) is 0.576. The van der Waals surface area contributed by atoms with Crippen LogP contribution in [0.15, 0.2) is 60.7 Å². The van der Waals surface area contributed by atoms with Gasteiger partial charge in [0.25, 0.3) is 5.91 Å². The first-order valence-corrected chi connectivity index (χ1v) is 10.4. The maximum atomic E-state index is 12.5. The molecule has 1 atom stereocenters. The molecule has 0 aliphatic rings. The molecule has 0 saturated heterocycles. The maximum Gasteiger partial charge on any atom is 0.327 e. The highest BCUT2D eigenvalue weighted by atomic mass is 32.1. The van der Waals surface area contributed by atoms with E-state index >= 15 is 0 Å². The van der Waals surface area contributed by atoms with Crippen LogP contribution in [0.5, 0.6) is 0 Å². The fraction of sp³-hybridized carbons (Fsp3) is 0.167. The zero-order valence-corrected chi connectivity index (χ0v) is 15.0. The van der Waals surface area contributed by atoms with Crippen molar-refractivity contribution in [2.24, 2.45) is 0 Å². The Bertz CT molecular complexity index is 886.